The standard InChI is InChI=1S/C17H17BrN2O/c18-14-5-1-4-12(10-14)17(19)13-7-8-15-11(9-13)3-2-6-16(21)20-15/h1,4-5,7-10,17H,2-3,6,19H2,(H,20,21). The molecule has 1 unspecified atom stereocenters. The summed E-state index contributed by atoms with van der Waals surface area (Å²) in [6.45, 7) is 0. The van der Waals surface area contributed by atoms with Crippen molar-refractivity contribution in [3.8, 4) is 0 Å². The monoisotopic (exact) mass is 344 g/mol. The zero-order valence-electron chi connectivity index (χ0n) is 11.6. The van der Waals surface area contributed by atoms with E-state index >= 15 is 0 Å². The Balaban J connectivity index is 1.93. The van der Waals surface area contributed by atoms with Gasteiger partial charge in [0.05, 0.1) is 6.04 Å². The average molecular weight is 345 g/mol. The van der Waals surface area contributed by atoms with E-state index in [2.05, 4.69) is 27.3 Å². The first-order valence-electron chi connectivity index (χ1n) is 7.07. The summed E-state index contributed by atoms with van der Waals surface area (Å²) < 4.78 is 1.03. The molecule has 3 rings (SSSR count). The quantitative estimate of drug-likeness (QED) is 0.871. The summed E-state index contributed by atoms with van der Waals surface area (Å²) in [6.07, 6.45) is 2.38. The van der Waals surface area contributed by atoms with Crippen molar-refractivity contribution in [1.82, 2.24) is 0 Å². The van der Waals surface area contributed by atoms with Gasteiger partial charge in [0.2, 0.25) is 5.91 Å². The average Bonchev–Trinajstić information content (AvgIpc) is 2.66. The maximum absolute atomic E-state index is 11.6. The number of anilines is 1. The third-order valence-corrected chi connectivity index (χ3v) is 4.31. The molecule has 2 aromatic carbocycles. The number of carbonyl (C=O) groups is 1. The van der Waals surface area contributed by atoms with Crippen molar-refractivity contribution in [2.24, 2.45) is 5.73 Å². The fourth-order valence-corrected chi connectivity index (χ4v) is 3.10. The molecule has 0 aromatic heterocycles. The van der Waals surface area contributed by atoms with Gasteiger partial charge in [-0.15, -0.1) is 0 Å². The van der Waals surface area contributed by atoms with Crippen molar-refractivity contribution in [3.05, 3.63) is 63.6 Å². The van der Waals surface area contributed by atoms with E-state index in [9.17, 15) is 4.79 Å². The van der Waals surface area contributed by atoms with Gasteiger partial charge in [-0.25, -0.2) is 0 Å². The Kier molecular flexibility index (Phi) is 4.08. The molecule has 3 N–H and O–H groups in total. The van der Waals surface area contributed by atoms with Crippen LogP contribution >= 0.6 is 15.9 Å². The molecule has 2 aromatic rings. The lowest BCUT2D eigenvalue weighted by Gasteiger charge is -2.16. The van der Waals surface area contributed by atoms with E-state index in [0.29, 0.717) is 6.42 Å². The van der Waals surface area contributed by atoms with Crippen LogP contribution in [0.1, 0.15) is 35.6 Å². The van der Waals surface area contributed by atoms with Crippen molar-refractivity contribution < 1.29 is 4.79 Å². The van der Waals surface area contributed by atoms with Gasteiger partial charge in [0.1, 0.15) is 0 Å². The van der Waals surface area contributed by atoms with E-state index in [1.807, 2.05) is 36.4 Å². The van der Waals surface area contributed by atoms with Crippen LogP contribution in [0.2, 0.25) is 0 Å². The molecular weight excluding hydrogens is 328 g/mol. The first-order valence-corrected chi connectivity index (χ1v) is 7.86. The smallest absolute Gasteiger partial charge is 0.224 e. The minimum Gasteiger partial charge on any atom is -0.326 e. The van der Waals surface area contributed by atoms with E-state index in [1.165, 1.54) is 5.56 Å². The fourth-order valence-electron chi connectivity index (χ4n) is 2.68. The topological polar surface area (TPSA) is 55.1 Å². The Hall–Kier alpha value is -1.65. The number of benzene rings is 2. The number of aryl methyl sites for hydroxylation is 1. The molecule has 21 heavy (non-hydrogen) atoms. The highest BCUT2D eigenvalue weighted by molar-refractivity contribution is 9.10. The van der Waals surface area contributed by atoms with Crippen molar-refractivity contribution >= 4 is 27.5 Å². The molecule has 1 heterocycles. The summed E-state index contributed by atoms with van der Waals surface area (Å²) >= 11 is 3.48. The van der Waals surface area contributed by atoms with Gasteiger partial charge >= 0.3 is 0 Å². The summed E-state index contributed by atoms with van der Waals surface area (Å²) in [6, 6.07) is 14.0. The number of nitrogens with one attached hydrogen (secondary N) is 1. The van der Waals surface area contributed by atoms with Crippen molar-refractivity contribution in [2.75, 3.05) is 5.32 Å². The Labute approximate surface area is 132 Å². The van der Waals surface area contributed by atoms with E-state index in [4.69, 9.17) is 5.73 Å². The van der Waals surface area contributed by atoms with Crippen molar-refractivity contribution in [1.29, 1.82) is 0 Å². The molecule has 0 spiro atoms. The molecule has 108 valence electrons. The van der Waals surface area contributed by atoms with E-state index in [1.54, 1.807) is 0 Å². The molecule has 0 saturated carbocycles. The lowest BCUT2D eigenvalue weighted by molar-refractivity contribution is -0.116. The third kappa shape index (κ3) is 3.17. The minimum atomic E-state index is -0.160. The zero-order valence-corrected chi connectivity index (χ0v) is 13.2. The number of halogens is 1. The van der Waals surface area contributed by atoms with Crippen LogP contribution in [0.5, 0.6) is 0 Å². The van der Waals surface area contributed by atoms with Crippen LogP contribution in [0.25, 0.3) is 0 Å². The highest BCUT2D eigenvalue weighted by atomic mass is 79.9. The van der Waals surface area contributed by atoms with Gasteiger partial charge < -0.3 is 11.1 Å². The molecule has 0 bridgehead atoms. The van der Waals surface area contributed by atoms with Crippen LogP contribution in [0.3, 0.4) is 0 Å². The van der Waals surface area contributed by atoms with Crippen molar-refractivity contribution in [2.45, 2.75) is 25.3 Å². The first kappa shape index (κ1) is 14.3. The van der Waals surface area contributed by atoms with Crippen LogP contribution in [0.15, 0.2) is 46.9 Å². The number of hydrogen-bond donors (Lipinski definition) is 2. The van der Waals surface area contributed by atoms with Gasteiger partial charge in [0.25, 0.3) is 0 Å². The van der Waals surface area contributed by atoms with Crippen LogP contribution in [-0.2, 0) is 11.2 Å². The number of carbonyl (C=O) groups excluding carboxylic acids is 1. The van der Waals surface area contributed by atoms with Crippen molar-refractivity contribution in [3.63, 3.8) is 0 Å². The van der Waals surface area contributed by atoms with Crippen LogP contribution < -0.4 is 11.1 Å². The van der Waals surface area contributed by atoms with Gasteiger partial charge in [-0.3, -0.25) is 4.79 Å². The van der Waals surface area contributed by atoms with Gasteiger partial charge in [-0.1, -0.05) is 40.2 Å². The van der Waals surface area contributed by atoms with Crippen LogP contribution in [0.4, 0.5) is 5.69 Å². The Bertz CT molecular complexity index is 684. The highest BCUT2D eigenvalue weighted by Gasteiger charge is 2.16. The number of nitrogens with two attached hydrogens (primary N) is 1. The molecule has 4 heteroatoms. The molecule has 0 fully saturated rings. The summed E-state index contributed by atoms with van der Waals surface area (Å²) in [5, 5.41) is 2.95. The Morgan fingerprint density at radius 2 is 1.90 bits per heavy atom. The SMILES string of the molecule is NC(c1cccc(Br)c1)c1ccc2c(c1)CCCC(=O)N2. The summed E-state index contributed by atoms with van der Waals surface area (Å²) in [7, 11) is 0. The maximum Gasteiger partial charge on any atom is 0.224 e. The lowest BCUT2D eigenvalue weighted by atomic mass is 9.96. The summed E-state index contributed by atoms with van der Waals surface area (Å²) in [4.78, 5) is 11.6. The third-order valence-electron chi connectivity index (χ3n) is 3.82. The Morgan fingerprint density at radius 3 is 2.71 bits per heavy atom. The molecule has 0 radical (unpaired) electrons. The summed E-state index contributed by atoms with van der Waals surface area (Å²) in [5.74, 6) is 0.0952. The predicted molar refractivity (Wildman–Crippen MR) is 88.2 cm³/mol. The molecular formula is C17H17BrN2O. The molecule has 1 amide bonds. The molecule has 0 aliphatic carbocycles. The Morgan fingerprint density at radius 1 is 1.10 bits per heavy atom. The number of fused-ring (bicyclic) bond motifs is 1. The van der Waals surface area contributed by atoms with Crippen LogP contribution in [-0.4, -0.2) is 5.91 Å². The zero-order chi connectivity index (χ0) is 14.8. The lowest BCUT2D eigenvalue weighted by Crippen LogP contribution is -2.13. The molecule has 1 aliphatic heterocycles. The molecule has 0 saturated heterocycles. The second kappa shape index (κ2) is 6.00. The molecule has 1 aliphatic rings. The second-order valence-corrected chi connectivity index (χ2v) is 6.27. The highest BCUT2D eigenvalue weighted by Crippen LogP contribution is 2.28. The van der Waals surface area contributed by atoms with E-state index < -0.39 is 0 Å². The number of amides is 1. The number of hydrogen-bond acceptors (Lipinski definition) is 2. The maximum atomic E-state index is 11.6. The second-order valence-electron chi connectivity index (χ2n) is 5.35. The minimum absolute atomic E-state index is 0.0952. The van der Waals surface area contributed by atoms with Crippen LogP contribution in [0, 0.1) is 0 Å². The normalized spacial score (nSPS) is 15.8. The molecule has 3 nitrogen and oxygen atoms in total. The predicted octanol–water partition coefficient (Wildman–Crippen LogP) is 3.77. The summed E-state index contributed by atoms with van der Waals surface area (Å²) in [5.41, 5.74) is 10.6. The van der Waals surface area contributed by atoms with E-state index in [-0.39, 0.29) is 11.9 Å². The van der Waals surface area contributed by atoms with Gasteiger partial charge in [-0.2, -0.15) is 0 Å². The van der Waals surface area contributed by atoms with Gasteiger partial charge in [0, 0.05) is 16.6 Å². The van der Waals surface area contributed by atoms with E-state index in [0.717, 1.165) is 34.1 Å². The van der Waals surface area contributed by atoms with Gasteiger partial charge in [0.15, 0.2) is 0 Å². The first-order chi connectivity index (χ1) is 10.1. The number of rotatable bonds is 2. The largest absolute Gasteiger partial charge is 0.326 e. The fraction of sp³-hybridized carbons (Fsp3) is 0.235. The van der Waals surface area contributed by atoms with Gasteiger partial charge in [-0.05, 0) is 47.7 Å². The molecule has 1 atom stereocenters.